The van der Waals surface area contributed by atoms with E-state index in [1.807, 2.05) is 0 Å². The normalized spacial score (nSPS) is 42.9. The van der Waals surface area contributed by atoms with Crippen LogP contribution in [0.4, 0.5) is 4.79 Å². The fourth-order valence-corrected chi connectivity index (χ4v) is 3.05. The summed E-state index contributed by atoms with van der Waals surface area (Å²) in [6, 6.07) is -1.44. The summed E-state index contributed by atoms with van der Waals surface area (Å²) >= 11 is 0. The maximum atomic E-state index is 11.7. The highest BCUT2D eigenvalue weighted by Crippen LogP contribution is 2.28. The lowest BCUT2D eigenvalue weighted by atomic mass is 9.95. The number of ether oxygens (including phenoxy) is 4. The number of hydrogen-bond acceptors (Lipinski definition) is 12. The molecule has 0 spiro atoms. The van der Waals surface area contributed by atoms with E-state index >= 15 is 0 Å². The molecule has 0 unspecified atom stereocenters. The zero-order chi connectivity index (χ0) is 21.7. The van der Waals surface area contributed by atoms with E-state index in [1.54, 1.807) is 0 Å². The highest BCUT2D eigenvalue weighted by atomic mass is 16.7. The van der Waals surface area contributed by atoms with E-state index in [1.165, 1.54) is 6.08 Å². The fraction of sp³-hybridized carbons (Fsp3) is 0.812. The third-order valence-electron chi connectivity index (χ3n) is 4.63. The first-order chi connectivity index (χ1) is 13.7. The molecule has 168 valence electrons. The molecular weight excluding hydrogens is 398 g/mol. The van der Waals surface area contributed by atoms with Crippen LogP contribution in [0.15, 0.2) is 12.7 Å². The van der Waals surface area contributed by atoms with E-state index in [2.05, 4.69) is 11.9 Å². The molecule has 2 fully saturated rings. The quantitative estimate of drug-likeness (QED) is 0.182. The number of carbonyl (C=O) groups is 1. The van der Waals surface area contributed by atoms with Gasteiger partial charge in [0.05, 0.1) is 13.2 Å². The molecule has 13 heteroatoms. The van der Waals surface area contributed by atoms with Crippen molar-refractivity contribution < 1.29 is 59.5 Å². The van der Waals surface area contributed by atoms with Crippen LogP contribution in [0, 0.1) is 0 Å². The van der Waals surface area contributed by atoms with Crippen LogP contribution in [0.25, 0.3) is 0 Å². The monoisotopic (exact) mass is 425 g/mol. The molecule has 0 bridgehead atoms. The maximum Gasteiger partial charge on any atom is 0.407 e. The molecule has 0 radical (unpaired) electrons. The van der Waals surface area contributed by atoms with Gasteiger partial charge in [-0.15, -0.1) is 0 Å². The maximum absolute atomic E-state index is 11.7. The first-order valence-electron chi connectivity index (χ1n) is 8.87. The minimum absolute atomic E-state index is 0.129. The molecule has 0 saturated carbocycles. The van der Waals surface area contributed by atoms with E-state index < -0.39 is 80.7 Å². The average Bonchev–Trinajstić information content (AvgIpc) is 2.71. The third kappa shape index (κ3) is 5.40. The average molecular weight is 425 g/mol. The highest BCUT2D eigenvalue weighted by Gasteiger charge is 2.50. The Morgan fingerprint density at radius 2 is 1.62 bits per heavy atom. The molecule has 0 aliphatic carbocycles. The Hall–Kier alpha value is -1.39. The Morgan fingerprint density at radius 3 is 2.21 bits per heavy atom. The number of alkyl carbamates (subject to hydrolysis) is 1. The summed E-state index contributed by atoms with van der Waals surface area (Å²) in [7, 11) is 0. The molecule has 2 heterocycles. The second-order valence-electron chi connectivity index (χ2n) is 6.59. The number of nitrogens with one attached hydrogen (secondary N) is 1. The van der Waals surface area contributed by atoms with Crippen LogP contribution < -0.4 is 5.32 Å². The number of carbonyl (C=O) groups excluding carboxylic acids is 1. The highest BCUT2D eigenvalue weighted by molar-refractivity contribution is 5.67. The van der Waals surface area contributed by atoms with Gasteiger partial charge in [-0.1, -0.05) is 12.7 Å². The molecule has 2 aliphatic rings. The van der Waals surface area contributed by atoms with Crippen LogP contribution in [0.1, 0.15) is 0 Å². The molecule has 2 saturated heterocycles. The lowest BCUT2D eigenvalue weighted by Crippen LogP contribution is -2.67. The SMILES string of the molecule is C=CCOC(=O)N[C@H]1[C@@H](O)[C@H](O[C@@H]2O[C@@H](CO)[C@H](O)[C@H](O)[C@H]2O)[C@@H](CO)O[C@H]1O. The summed E-state index contributed by atoms with van der Waals surface area (Å²) in [4.78, 5) is 11.7. The molecule has 8 N–H and O–H groups in total. The smallest absolute Gasteiger partial charge is 0.407 e. The van der Waals surface area contributed by atoms with Gasteiger partial charge in [0, 0.05) is 0 Å². The van der Waals surface area contributed by atoms with Crippen LogP contribution in [0.3, 0.4) is 0 Å². The number of amides is 1. The van der Waals surface area contributed by atoms with Crippen molar-refractivity contribution in [3.05, 3.63) is 12.7 Å². The number of rotatable bonds is 7. The van der Waals surface area contributed by atoms with Crippen molar-refractivity contribution in [1.82, 2.24) is 5.32 Å². The van der Waals surface area contributed by atoms with Crippen molar-refractivity contribution >= 4 is 6.09 Å². The van der Waals surface area contributed by atoms with Gasteiger partial charge in [0.1, 0.15) is 55.4 Å². The zero-order valence-corrected chi connectivity index (χ0v) is 15.4. The molecule has 2 aliphatic heterocycles. The third-order valence-corrected chi connectivity index (χ3v) is 4.63. The minimum Gasteiger partial charge on any atom is -0.445 e. The number of hydrogen-bond donors (Lipinski definition) is 8. The van der Waals surface area contributed by atoms with Crippen LogP contribution in [0.2, 0.25) is 0 Å². The molecule has 13 nitrogen and oxygen atoms in total. The Labute approximate surface area is 165 Å². The van der Waals surface area contributed by atoms with E-state index in [9.17, 15) is 40.5 Å². The molecule has 29 heavy (non-hydrogen) atoms. The molecule has 1 amide bonds. The second-order valence-corrected chi connectivity index (χ2v) is 6.59. The lowest BCUT2D eigenvalue weighted by Gasteiger charge is -2.46. The summed E-state index contributed by atoms with van der Waals surface area (Å²) in [5.41, 5.74) is 0. The first kappa shape index (κ1) is 23.9. The Kier molecular flexibility index (Phi) is 8.72. The van der Waals surface area contributed by atoms with Crippen molar-refractivity contribution in [2.45, 2.75) is 61.3 Å². The molecule has 10 atom stereocenters. The van der Waals surface area contributed by atoms with Gasteiger partial charge in [0.25, 0.3) is 0 Å². The van der Waals surface area contributed by atoms with Gasteiger partial charge in [-0.25, -0.2) is 4.79 Å². The van der Waals surface area contributed by atoms with E-state index in [4.69, 9.17) is 18.9 Å². The second kappa shape index (κ2) is 10.6. The Morgan fingerprint density at radius 1 is 0.966 bits per heavy atom. The van der Waals surface area contributed by atoms with Crippen molar-refractivity contribution in [1.29, 1.82) is 0 Å². The summed E-state index contributed by atoms with van der Waals surface area (Å²) < 4.78 is 20.5. The van der Waals surface area contributed by atoms with Gasteiger partial charge < -0.3 is 60.0 Å². The predicted molar refractivity (Wildman–Crippen MR) is 91.1 cm³/mol. The topological polar surface area (TPSA) is 208 Å². The van der Waals surface area contributed by atoms with Crippen molar-refractivity contribution in [2.75, 3.05) is 19.8 Å². The zero-order valence-electron chi connectivity index (χ0n) is 15.4. The fourth-order valence-electron chi connectivity index (χ4n) is 3.05. The number of aliphatic hydroxyl groups excluding tert-OH is 7. The van der Waals surface area contributed by atoms with Crippen molar-refractivity contribution in [3.63, 3.8) is 0 Å². The van der Waals surface area contributed by atoms with Gasteiger partial charge >= 0.3 is 6.09 Å². The van der Waals surface area contributed by atoms with E-state index in [-0.39, 0.29) is 6.61 Å². The van der Waals surface area contributed by atoms with Gasteiger partial charge in [0.15, 0.2) is 12.6 Å². The summed E-state index contributed by atoms with van der Waals surface area (Å²) in [5.74, 6) is 0. The number of aliphatic hydroxyl groups is 7. The van der Waals surface area contributed by atoms with Crippen LogP contribution >= 0.6 is 0 Å². The molecule has 0 aromatic rings. The molecule has 2 rings (SSSR count). The van der Waals surface area contributed by atoms with Crippen LogP contribution in [-0.4, -0.2) is 123 Å². The summed E-state index contributed by atoms with van der Waals surface area (Å²) in [6.07, 6.45) is -13.8. The standard InChI is InChI=1S/C16H27NO12/c1-2-3-26-16(25)17-8-10(21)13(7(5-19)27-14(8)24)29-15-12(23)11(22)9(20)6(4-18)28-15/h2,6-15,18-24H,1,3-5H2,(H,17,25)/t6-,7+,8-,9-,10+,11-,12+,13+,14+,15-/m0/s1. The minimum atomic E-state index is -1.77. The molecule has 0 aromatic carbocycles. The largest absolute Gasteiger partial charge is 0.445 e. The molecule has 0 aromatic heterocycles. The summed E-state index contributed by atoms with van der Waals surface area (Å²) in [6.45, 7) is 1.82. The summed E-state index contributed by atoms with van der Waals surface area (Å²) in [5, 5.41) is 71.2. The van der Waals surface area contributed by atoms with Crippen LogP contribution in [-0.2, 0) is 18.9 Å². The Balaban J connectivity index is 2.13. The van der Waals surface area contributed by atoms with E-state index in [0.717, 1.165) is 0 Å². The Bertz CT molecular complexity index is 548. The lowest BCUT2D eigenvalue weighted by molar-refractivity contribution is -0.345. The van der Waals surface area contributed by atoms with Crippen molar-refractivity contribution in [2.24, 2.45) is 0 Å². The van der Waals surface area contributed by atoms with Crippen LogP contribution in [0.5, 0.6) is 0 Å². The predicted octanol–water partition coefficient (Wildman–Crippen LogP) is -4.48. The molecular formula is C16H27NO12. The van der Waals surface area contributed by atoms with Gasteiger partial charge in [0.2, 0.25) is 0 Å². The van der Waals surface area contributed by atoms with Gasteiger partial charge in [-0.05, 0) is 0 Å². The van der Waals surface area contributed by atoms with Gasteiger partial charge in [-0.3, -0.25) is 0 Å². The van der Waals surface area contributed by atoms with Crippen molar-refractivity contribution in [3.8, 4) is 0 Å². The first-order valence-corrected chi connectivity index (χ1v) is 8.87. The van der Waals surface area contributed by atoms with Gasteiger partial charge in [-0.2, -0.15) is 0 Å². The van der Waals surface area contributed by atoms with E-state index in [0.29, 0.717) is 0 Å².